The molecule has 0 fully saturated rings. The number of carboxylic acid groups (broad SMARTS) is 1. The first-order valence-electron chi connectivity index (χ1n) is 5.62. The number of aromatic carboxylic acids is 1. The minimum absolute atomic E-state index is 0.214. The molecule has 0 unspecified atom stereocenters. The fraction of sp³-hybridized carbons (Fsp3) is 0. The number of imidazole rings is 1. The summed E-state index contributed by atoms with van der Waals surface area (Å²) in [6, 6.07) is 12.9. The molecule has 4 nitrogen and oxygen atoms in total. The zero-order valence-corrected chi connectivity index (χ0v) is 11.3. The summed E-state index contributed by atoms with van der Waals surface area (Å²) in [6.45, 7) is 0. The van der Waals surface area contributed by atoms with Crippen LogP contribution < -0.4 is 0 Å². The van der Waals surface area contributed by atoms with E-state index in [2.05, 4.69) is 20.9 Å². The molecule has 0 amide bonds. The van der Waals surface area contributed by atoms with Gasteiger partial charge in [-0.05, 0) is 30.3 Å². The number of carboxylic acids is 1. The third-order valence-electron chi connectivity index (χ3n) is 2.89. The van der Waals surface area contributed by atoms with Gasteiger partial charge in [-0.15, -0.1) is 0 Å². The summed E-state index contributed by atoms with van der Waals surface area (Å²) in [4.78, 5) is 15.4. The molecule has 1 aromatic heterocycles. The highest BCUT2D eigenvalue weighted by Crippen LogP contribution is 2.23. The van der Waals surface area contributed by atoms with Gasteiger partial charge in [0.15, 0.2) is 0 Å². The largest absolute Gasteiger partial charge is 0.478 e. The first-order valence-corrected chi connectivity index (χ1v) is 6.41. The number of nitrogens with zero attached hydrogens (tertiary/aromatic N) is 2. The highest BCUT2D eigenvalue weighted by atomic mass is 79.9. The summed E-state index contributed by atoms with van der Waals surface area (Å²) in [6.07, 6.45) is 1.64. The maximum Gasteiger partial charge on any atom is 0.337 e. The third-order valence-corrected chi connectivity index (χ3v) is 3.39. The van der Waals surface area contributed by atoms with Crippen LogP contribution in [0.25, 0.3) is 16.7 Å². The van der Waals surface area contributed by atoms with Crippen LogP contribution in [0.15, 0.2) is 53.3 Å². The van der Waals surface area contributed by atoms with Crippen molar-refractivity contribution in [2.24, 2.45) is 0 Å². The first-order chi connectivity index (χ1) is 9.16. The van der Waals surface area contributed by atoms with E-state index in [-0.39, 0.29) is 5.56 Å². The number of fused-ring (bicyclic) bond motifs is 1. The van der Waals surface area contributed by atoms with Gasteiger partial charge in [-0.25, -0.2) is 9.78 Å². The van der Waals surface area contributed by atoms with Crippen LogP contribution in [0.4, 0.5) is 0 Å². The summed E-state index contributed by atoms with van der Waals surface area (Å²) < 4.78 is 2.83. The molecule has 0 atom stereocenters. The molecule has 5 heteroatoms. The second-order valence-corrected chi connectivity index (χ2v) is 4.99. The SMILES string of the molecule is O=C(O)c1cccc2c1ncn2-c1cccc(Br)c1. The minimum atomic E-state index is -0.968. The lowest BCUT2D eigenvalue weighted by molar-refractivity contribution is 0.0699. The Kier molecular flexibility index (Phi) is 2.83. The molecule has 0 aliphatic rings. The van der Waals surface area contributed by atoms with Gasteiger partial charge in [-0.3, -0.25) is 4.57 Å². The third kappa shape index (κ3) is 2.02. The van der Waals surface area contributed by atoms with Gasteiger partial charge in [0.1, 0.15) is 11.8 Å². The Hall–Kier alpha value is -2.14. The molecule has 0 spiro atoms. The fourth-order valence-electron chi connectivity index (χ4n) is 2.04. The van der Waals surface area contributed by atoms with E-state index in [1.54, 1.807) is 18.5 Å². The van der Waals surface area contributed by atoms with Gasteiger partial charge < -0.3 is 5.11 Å². The van der Waals surface area contributed by atoms with E-state index < -0.39 is 5.97 Å². The Morgan fingerprint density at radius 2 is 2.00 bits per heavy atom. The van der Waals surface area contributed by atoms with Gasteiger partial charge in [0.25, 0.3) is 0 Å². The lowest BCUT2D eigenvalue weighted by atomic mass is 10.2. The molecule has 0 aliphatic heterocycles. The molecule has 3 rings (SSSR count). The number of hydrogen-bond acceptors (Lipinski definition) is 2. The van der Waals surface area contributed by atoms with Crippen LogP contribution in [0, 0.1) is 0 Å². The quantitative estimate of drug-likeness (QED) is 0.787. The smallest absolute Gasteiger partial charge is 0.337 e. The van der Waals surface area contributed by atoms with Crippen LogP contribution in [0.1, 0.15) is 10.4 Å². The Labute approximate surface area is 117 Å². The molecule has 19 heavy (non-hydrogen) atoms. The summed E-state index contributed by atoms with van der Waals surface area (Å²) in [5.74, 6) is -0.968. The maximum atomic E-state index is 11.2. The van der Waals surface area contributed by atoms with Crippen molar-refractivity contribution < 1.29 is 9.90 Å². The Morgan fingerprint density at radius 3 is 2.74 bits per heavy atom. The van der Waals surface area contributed by atoms with Gasteiger partial charge in [0.05, 0.1) is 11.1 Å². The Bertz CT molecular complexity index is 780. The first kappa shape index (κ1) is 11.9. The average molecular weight is 317 g/mol. The number of para-hydroxylation sites is 1. The monoisotopic (exact) mass is 316 g/mol. The number of rotatable bonds is 2. The molecule has 0 saturated carbocycles. The second kappa shape index (κ2) is 4.51. The van der Waals surface area contributed by atoms with Crippen molar-refractivity contribution in [3.05, 3.63) is 58.8 Å². The molecular formula is C14H9BrN2O2. The summed E-state index contributed by atoms with van der Waals surface area (Å²) in [5, 5.41) is 9.15. The predicted octanol–water partition coefficient (Wildman–Crippen LogP) is 3.49. The van der Waals surface area contributed by atoms with E-state index >= 15 is 0 Å². The zero-order chi connectivity index (χ0) is 13.4. The molecule has 0 radical (unpaired) electrons. The van der Waals surface area contributed by atoms with Gasteiger partial charge in [-0.2, -0.15) is 0 Å². The predicted molar refractivity (Wildman–Crippen MR) is 75.7 cm³/mol. The van der Waals surface area contributed by atoms with Gasteiger partial charge >= 0.3 is 5.97 Å². The lowest BCUT2D eigenvalue weighted by Crippen LogP contribution is -1.98. The summed E-state index contributed by atoms with van der Waals surface area (Å²) in [7, 11) is 0. The molecular weight excluding hydrogens is 308 g/mol. The highest BCUT2D eigenvalue weighted by molar-refractivity contribution is 9.10. The maximum absolute atomic E-state index is 11.2. The van der Waals surface area contributed by atoms with E-state index in [0.717, 1.165) is 15.7 Å². The van der Waals surface area contributed by atoms with Crippen LogP contribution in [-0.2, 0) is 0 Å². The molecule has 0 bridgehead atoms. The number of hydrogen-bond donors (Lipinski definition) is 1. The molecule has 2 aromatic carbocycles. The Balaban J connectivity index is 2.27. The molecule has 1 N–H and O–H groups in total. The molecule has 0 aliphatic carbocycles. The second-order valence-electron chi connectivity index (χ2n) is 4.07. The molecule has 1 heterocycles. The van der Waals surface area contributed by atoms with Crippen LogP contribution in [0.3, 0.4) is 0 Å². The van der Waals surface area contributed by atoms with Crippen LogP contribution in [-0.4, -0.2) is 20.6 Å². The van der Waals surface area contributed by atoms with Gasteiger partial charge in [-0.1, -0.05) is 28.1 Å². The van der Waals surface area contributed by atoms with Crippen molar-refractivity contribution in [2.75, 3.05) is 0 Å². The highest BCUT2D eigenvalue weighted by Gasteiger charge is 2.12. The molecule has 94 valence electrons. The standard InChI is InChI=1S/C14H9BrN2O2/c15-9-3-1-4-10(7-9)17-8-16-13-11(14(18)19)5-2-6-12(13)17/h1-8H,(H,18,19). The van der Waals surface area contributed by atoms with Crippen molar-refractivity contribution in [2.45, 2.75) is 0 Å². The summed E-state index contributed by atoms with van der Waals surface area (Å²) in [5.41, 5.74) is 2.42. The van der Waals surface area contributed by atoms with Crippen molar-refractivity contribution >= 4 is 32.9 Å². The topological polar surface area (TPSA) is 55.1 Å². The van der Waals surface area contributed by atoms with E-state index in [0.29, 0.717) is 5.52 Å². The molecule has 3 aromatic rings. The van der Waals surface area contributed by atoms with Gasteiger partial charge in [0.2, 0.25) is 0 Å². The van der Waals surface area contributed by atoms with Crippen molar-refractivity contribution in [3.63, 3.8) is 0 Å². The van der Waals surface area contributed by atoms with Crippen molar-refractivity contribution in [1.82, 2.24) is 9.55 Å². The van der Waals surface area contributed by atoms with Crippen LogP contribution in [0.5, 0.6) is 0 Å². The van der Waals surface area contributed by atoms with E-state index in [4.69, 9.17) is 5.11 Å². The average Bonchev–Trinajstić information content (AvgIpc) is 2.82. The number of carbonyl (C=O) groups is 1. The normalized spacial score (nSPS) is 10.8. The fourth-order valence-corrected chi connectivity index (χ4v) is 2.43. The van der Waals surface area contributed by atoms with E-state index in [1.807, 2.05) is 34.9 Å². The van der Waals surface area contributed by atoms with Gasteiger partial charge in [0, 0.05) is 10.2 Å². The number of aromatic nitrogens is 2. The molecule has 0 saturated heterocycles. The van der Waals surface area contributed by atoms with Crippen molar-refractivity contribution in [3.8, 4) is 5.69 Å². The summed E-state index contributed by atoms with van der Waals surface area (Å²) >= 11 is 3.42. The number of halogens is 1. The zero-order valence-electron chi connectivity index (χ0n) is 9.75. The number of benzene rings is 2. The minimum Gasteiger partial charge on any atom is -0.478 e. The van der Waals surface area contributed by atoms with Crippen molar-refractivity contribution in [1.29, 1.82) is 0 Å². The van der Waals surface area contributed by atoms with Crippen LogP contribution in [0.2, 0.25) is 0 Å². The van der Waals surface area contributed by atoms with E-state index in [1.165, 1.54) is 0 Å². The van der Waals surface area contributed by atoms with E-state index in [9.17, 15) is 4.79 Å². The Morgan fingerprint density at radius 1 is 1.21 bits per heavy atom. The van der Waals surface area contributed by atoms with Crippen LogP contribution >= 0.6 is 15.9 Å². The lowest BCUT2D eigenvalue weighted by Gasteiger charge is -2.05.